The standard InChI is InChI=1S/C12H18N4O2S/c1-2-19-6-9(17)5-13-3-8-4-14-11-10(8)15-7-16-12(11)18/h4,7,9,13-14,17H,2-3,5-6H2,1H3,(H,15,16,18)/t9-/m0/s1. The number of aliphatic hydroxyl groups is 1. The minimum absolute atomic E-state index is 0.171. The fourth-order valence-corrected chi connectivity index (χ4v) is 2.45. The van der Waals surface area contributed by atoms with Crippen molar-refractivity contribution in [1.29, 1.82) is 0 Å². The summed E-state index contributed by atoms with van der Waals surface area (Å²) in [6, 6.07) is 0. The summed E-state index contributed by atoms with van der Waals surface area (Å²) in [5.74, 6) is 1.74. The van der Waals surface area contributed by atoms with Crippen LogP contribution >= 0.6 is 11.8 Å². The highest BCUT2D eigenvalue weighted by molar-refractivity contribution is 7.99. The first-order valence-electron chi connectivity index (χ1n) is 6.22. The second-order valence-corrected chi connectivity index (χ2v) is 5.53. The van der Waals surface area contributed by atoms with Gasteiger partial charge in [0.05, 0.1) is 17.9 Å². The molecule has 0 amide bonds. The van der Waals surface area contributed by atoms with Crippen molar-refractivity contribution in [1.82, 2.24) is 20.3 Å². The predicted molar refractivity (Wildman–Crippen MR) is 77.4 cm³/mol. The summed E-state index contributed by atoms with van der Waals surface area (Å²) in [6.07, 6.45) is 2.81. The molecule has 7 heteroatoms. The van der Waals surface area contributed by atoms with Crippen LogP contribution in [-0.2, 0) is 6.54 Å². The molecule has 0 bridgehead atoms. The van der Waals surface area contributed by atoms with Gasteiger partial charge in [0.15, 0.2) is 0 Å². The number of thioether (sulfide) groups is 1. The molecule has 0 saturated heterocycles. The Kier molecular flexibility index (Phi) is 5.00. The molecule has 0 aromatic carbocycles. The van der Waals surface area contributed by atoms with Gasteiger partial charge in [0, 0.05) is 30.6 Å². The van der Waals surface area contributed by atoms with Gasteiger partial charge < -0.3 is 20.4 Å². The minimum Gasteiger partial charge on any atom is -0.391 e. The Balaban J connectivity index is 1.92. The van der Waals surface area contributed by atoms with Gasteiger partial charge in [0.2, 0.25) is 0 Å². The number of hydrogen-bond donors (Lipinski definition) is 4. The summed E-state index contributed by atoms with van der Waals surface area (Å²) in [4.78, 5) is 21.1. The van der Waals surface area contributed by atoms with E-state index < -0.39 is 0 Å². The summed E-state index contributed by atoms with van der Waals surface area (Å²) < 4.78 is 0. The Morgan fingerprint density at radius 2 is 2.37 bits per heavy atom. The monoisotopic (exact) mass is 282 g/mol. The van der Waals surface area contributed by atoms with Crippen LogP contribution in [0.1, 0.15) is 12.5 Å². The second-order valence-electron chi connectivity index (χ2n) is 4.21. The maximum Gasteiger partial charge on any atom is 0.275 e. The van der Waals surface area contributed by atoms with E-state index in [4.69, 9.17) is 0 Å². The number of aliphatic hydroxyl groups excluding tert-OH is 1. The number of nitrogens with zero attached hydrogens (tertiary/aromatic N) is 1. The van der Waals surface area contributed by atoms with Crippen molar-refractivity contribution in [3.63, 3.8) is 0 Å². The van der Waals surface area contributed by atoms with Gasteiger partial charge in [-0.2, -0.15) is 11.8 Å². The normalized spacial score (nSPS) is 12.9. The van der Waals surface area contributed by atoms with Crippen LogP contribution in [0.5, 0.6) is 0 Å². The molecular formula is C12H18N4O2S. The quantitative estimate of drug-likeness (QED) is 0.592. The zero-order valence-corrected chi connectivity index (χ0v) is 11.6. The van der Waals surface area contributed by atoms with Crippen molar-refractivity contribution < 1.29 is 5.11 Å². The van der Waals surface area contributed by atoms with Gasteiger partial charge >= 0.3 is 0 Å². The van der Waals surface area contributed by atoms with E-state index in [1.165, 1.54) is 6.33 Å². The number of fused-ring (bicyclic) bond motifs is 1. The van der Waals surface area contributed by atoms with Crippen molar-refractivity contribution in [3.05, 3.63) is 28.4 Å². The molecule has 0 unspecified atom stereocenters. The maximum absolute atomic E-state index is 11.5. The molecule has 2 rings (SSSR count). The fraction of sp³-hybridized carbons (Fsp3) is 0.500. The molecule has 19 heavy (non-hydrogen) atoms. The van der Waals surface area contributed by atoms with E-state index in [1.807, 2.05) is 0 Å². The number of aromatic nitrogens is 3. The van der Waals surface area contributed by atoms with Crippen LogP contribution in [0.15, 0.2) is 17.3 Å². The molecule has 2 heterocycles. The molecule has 2 aromatic heterocycles. The summed E-state index contributed by atoms with van der Waals surface area (Å²) in [5.41, 5.74) is 1.92. The predicted octanol–water partition coefficient (Wildman–Crippen LogP) is 0.455. The van der Waals surface area contributed by atoms with Crippen molar-refractivity contribution in [3.8, 4) is 0 Å². The van der Waals surface area contributed by atoms with Gasteiger partial charge in [-0.1, -0.05) is 6.92 Å². The molecule has 0 fully saturated rings. The van der Waals surface area contributed by atoms with Crippen molar-refractivity contribution in [2.45, 2.75) is 19.6 Å². The summed E-state index contributed by atoms with van der Waals surface area (Å²) >= 11 is 1.71. The molecule has 2 aromatic rings. The van der Waals surface area contributed by atoms with Crippen molar-refractivity contribution in [2.75, 3.05) is 18.1 Å². The van der Waals surface area contributed by atoms with Gasteiger partial charge in [-0.05, 0) is 5.75 Å². The lowest BCUT2D eigenvalue weighted by Crippen LogP contribution is -2.28. The van der Waals surface area contributed by atoms with Gasteiger partial charge in [-0.25, -0.2) is 4.98 Å². The zero-order chi connectivity index (χ0) is 13.7. The zero-order valence-electron chi connectivity index (χ0n) is 10.8. The molecule has 0 radical (unpaired) electrons. The van der Waals surface area contributed by atoms with E-state index in [1.54, 1.807) is 18.0 Å². The maximum atomic E-state index is 11.5. The topological polar surface area (TPSA) is 93.8 Å². The highest BCUT2D eigenvalue weighted by Crippen LogP contribution is 2.10. The van der Waals surface area contributed by atoms with Gasteiger partial charge in [0.1, 0.15) is 5.52 Å². The molecule has 4 N–H and O–H groups in total. The van der Waals surface area contributed by atoms with Crippen LogP contribution in [0.3, 0.4) is 0 Å². The van der Waals surface area contributed by atoms with Crippen LogP contribution in [0.2, 0.25) is 0 Å². The Morgan fingerprint density at radius 1 is 1.53 bits per heavy atom. The van der Waals surface area contributed by atoms with Gasteiger partial charge in [0.25, 0.3) is 5.56 Å². The molecule has 6 nitrogen and oxygen atoms in total. The first kappa shape index (κ1) is 14.1. The van der Waals surface area contributed by atoms with Crippen LogP contribution in [0.25, 0.3) is 11.0 Å². The van der Waals surface area contributed by atoms with Crippen molar-refractivity contribution in [2.24, 2.45) is 0 Å². The lowest BCUT2D eigenvalue weighted by molar-refractivity contribution is 0.195. The van der Waals surface area contributed by atoms with E-state index in [-0.39, 0.29) is 11.7 Å². The lowest BCUT2D eigenvalue weighted by Gasteiger charge is -2.10. The molecule has 0 aliphatic heterocycles. The third-order valence-corrected chi connectivity index (χ3v) is 3.79. The molecule has 1 atom stereocenters. The van der Waals surface area contributed by atoms with Crippen molar-refractivity contribution >= 4 is 22.8 Å². The average molecular weight is 282 g/mol. The Hall–Kier alpha value is -1.31. The largest absolute Gasteiger partial charge is 0.391 e. The Morgan fingerprint density at radius 3 is 3.16 bits per heavy atom. The molecule has 0 aliphatic carbocycles. The van der Waals surface area contributed by atoms with E-state index in [0.717, 1.165) is 17.1 Å². The fourth-order valence-electron chi connectivity index (χ4n) is 1.83. The number of hydrogen-bond acceptors (Lipinski definition) is 5. The third kappa shape index (κ3) is 3.59. The molecular weight excluding hydrogens is 264 g/mol. The van der Waals surface area contributed by atoms with E-state index in [0.29, 0.717) is 24.1 Å². The van der Waals surface area contributed by atoms with Gasteiger partial charge in [-0.15, -0.1) is 0 Å². The number of H-pyrrole nitrogens is 2. The number of nitrogens with one attached hydrogen (secondary N) is 3. The van der Waals surface area contributed by atoms with Crippen LogP contribution in [0.4, 0.5) is 0 Å². The van der Waals surface area contributed by atoms with Crippen LogP contribution in [0, 0.1) is 0 Å². The minimum atomic E-state index is -0.355. The SMILES string of the molecule is CCSC[C@@H](O)CNCc1c[nH]c2c(=O)[nH]cnc12. The highest BCUT2D eigenvalue weighted by atomic mass is 32.2. The lowest BCUT2D eigenvalue weighted by atomic mass is 10.3. The second kappa shape index (κ2) is 6.74. The summed E-state index contributed by atoms with van der Waals surface area (Å²) in [7, 11) is 0. The van der Waals surface area contributed by atoms with Gasteiger partial charge in [-0.3, -0.25) is 4.79 Å². The Bertz CT molecular complexity index is 580. The van der Waals surface area contributed by atoms with E-state index >= 15 is 0 Å². The first-order valence-corrected chi connectivity index (χ1v) is 7.38. The van der Waals surface area contributed by atoms with Crippen LogP contribution in [-0.4, -0.2) is 44.2 Å². The number of aromatic amines is 2. The van der Waals surface area contributed by atoms with Crippen LogP contribution < -0.4 is 10.9 Å². The Labute approximate surface area is 115 Å². The molecule has 0 aliphatic rings. The average Bonchev–Trinajstić information content (AvgIpc) is 2.81. The first-order chi connectivity index (χ1) is 9.22. The summed E-state index contributed by atoms with van der Waals surface area (Å²) in [5, 5.41) is 12.9. The molecule has 0 saturated carbocycles. The molecule has 104 valence electrons. The molecule has 0 spiro atoms. The summed E-state index contributed by atoms with van der Waals surface area (Å²) in [6.45, 7) is 3.17. The highest BCUT2D eigenvalue weighted by Gasteiger charge is 2.08. The van der Waals surface area contributed by atoms with E-state index in [9.17, 15) is 9.90 Å². The van der Waals surface area contributed by atoms with E-state index in [2.05, 4.69) is 27.2 Å². The number of rotatable bonds is 7. The smallest absolute Gasteiger partial charge is 0.275 e. The third-order valence-electron chi connectivity index (χ3n) is 2.76.